The summed E-state index contributed by atoms with van der Waals surface area (Å²) in [5.41, 5.74) is 0.645. The first kappa shape index (κ1) is 22.9. The van der Waals surface area contributed by atoms with Crippen molar-refractivity contribution in [2.45, 2.75) is 84.1 Å². The molecule has 6 heteroatoms. The van der Waals surface area contributed by atoms with Crippen LogP contribution in [0.3, 0.4) is 0 Å². The number of nitrogens with one attached hydrogen (secondary N) is 2. The molecule has 1 unspecified atom stereocenters. The Hall–Kier alpha value is -2.37. The molecule has 29 heavy (non-hydrogen) atoms. The fourth-order valence-electron chi connectivity index (χ4n) is 3.72. The summed E-state index contributed by atoms with van der Waals surface area (Å²) in [6.07, 6.45) is 5.98. The molecule has 0 saturated carbocycles. The van der Waals surface area contributed by atoms with E-state index in [1.807, 2.05) is 24.3 Å². The number of nitrogens with zero attached hydrogens (tertiary/aromatic N) is 1. The van der Waals surface area contributed by atoms with Crippen LogP contribution >= 0.6 is 0 Å². The highest BCUT2D eigenvalue weighted by Gasteiger charge is 2.47. The van der Waals surface area contributed by atoms with Crippen LogP contribution in [0.1, 0.15) is 78.7 Å². The topological polar surface area (TPSA) is 78.5 Å². The van der Waals surface area contributed by atoms with Gasteiger partial charge in [-0.25, -0.2) is 4.79 Å². The molecule has 0 spiro atoms. The third-order valence-electron chi connectivity index (χ3n) is 5.44. The summed E-state index contributed by atoms with van der Waals surface area (Å²) in [7, 11) is 0. The second-order valence-corrected chi connectivity index (χ2v) is 9.16. The Kier molecular flexibility index (Phi) is 7.44. The van der Waals surface area contributed by atoms with Gasteiger partial charge in [-0.3, -0.25) is 14.5 Å². The predicted molar refractivity (Wildman–Crippen MR) is 116 cm³/mol. The average Bonchev–Trinajstić information content (AvgIpc) is 2.84. The summed E-state index contributed by atoms with van der Waals surface area (Å²) in [6, 6.07) is 7.10. The summed E-state index contributed by atoms with van der Waals surface area (Å²) < 4.78 is 0. The van der Waals surface area contributed by atoms with Gasteiger partial charge in [0.05, 0.1) is 0 Å². The Morgan fingerprint density at radius 3 is 2.41 bits per heavy atom. The molecular formula is C23H35N3O3. The number of hydrogen-bond acceptors (Lipinski definition) is 3. The third-order valence-corrected chi connectivity index (χ3v) is 5.44. The molecular weight excluding hydrogens is 366 g/mol. The van der Waals surface area contributed by atoms with Gasteiger partial charge in [0.15, 0.2) is 0 Å². The van der Waals surface area contributed by atoms with Gasteiger partial charge in [-0.15, -0.1) is 0 Å². The highest BCUT2D eigenvalue weighted by molar-refractivity contribution is 6.10. The molecule has 1 aliphatic heterocycles. The maximum absolute atomic E-state index is 12.8. The third kappa shape index (κ3) is 5.81. The Morgan fingerprint density at radius 2 is 1.76 bits per heavy atom. The summed E-state index contributed by atoms with van der Waals surface area (Å²) >= 11 is 0. The highest BCUT2D eigenvalue weighted by Crippen LogP contribution is 2.29. The van der Waals surface area contributed by atoms with Gasteiger partial charge in [-0.2, -0.15) is 0 Å². The number of amides is 4. The van der Waals surface area contributed by atoms with Crippen LogP contribution in [0.25, 0.3) is 0 Å². The van der Waals surface area contributed by atoms with Gasteiger partial charge in [-0.05, 0) is 30.4 Å². The standard InChI is InChI=1S/C23H35N3O3/c1-6-7-8-9-12-15-23(5)20(28)26(21(29)25-23)16-19(27)24-18-14-11-10-13-17(18)22(2,3)4/h10-11,13-14H,6-9,12,15-16H2,1-5H3,(H,24,27)(H,25,29). The van der Waals surface area contributed by atoms with E-state index in [0.29, 0.717) is 12.1 Å². The minimum Gasteiger partial charge on any atom is -0.324 e. The number of carbonyl (C=O) groups excluding carboxylic acids is 3. The van der Waals surface area contributed by atoms with E-state index in [-0.39, 0.29) is 23.8 Å². The largest absolute Gasteiger partial charge is 0.325 e. The van der Waals surface area contributed by atoms with E-state index in [4.69, 9.17) is 0 Å². The van der Waals surface area contributed by atoms with Crippen LogP contribution in [0.15, 0.2) is 24.3 Å². The number of imide groups is 1. The lowest BCUT2D eigenvalue weighted by Gasteiger charge is -2.24. The highest BCUT2D eigenvalue weighted by atomic mass is 16.2. The Balaban J connectivity index is 1.99. The van der Waals surface area contributed by atoms with Gasteiger partial charge in [0.2, 0.25) is 5.91 Å². The van der Waals surface area contributed by atoms with Crippen LogP contribution < -0.4 is 10.6 Å². The van der Waals surface area contributed by atoms with E-state index in [9.17, 15) is 14.4 Å². The second-order valence-electron chi connectivity index (χ2n) is 9.16. The van der Waals surface area contributed by atoms with Crippen molar-refractivity contribution in [2.75, 3.05) is 11.9 Å². The minimum absolute atomic E-state index is 0.138. The quantitative estimate of drug-likeness (QED) is 0.469. The van der Waals surface area contributed by atoms with E-state index in [1.165, 1.54) is 6.42 Å². The maximum Gasteiger partial charge on any atom is 0.325 e. The van der Waals surface area contributed by atoms with E-state index >= 15 is 0 Å². The van der Waals surface area contributed by atoms with Crippen molar-refractivity contribution in [2.24, 2.45) is 0 Å². The van der Waals surface area contributed by atoms with Crippen molar-refractivity contribution in [3.05, 3.63) is 29.8 Å². The second kappa shape index (κ2) is 9.42. The van der Waals surface area contributed by atoms with Gasteiger partial charge >= 0.3 is 6.03 Å². The van der Waals surface area contributed by atoms with E-state index < -0.39 is 11.6 Å². The van der Waals surface area contributed by atoms with Crippen molar-refractivity contribution in [3.63, 3.8) is 0 Å². The lowest BCUT2D eigenvalue weighted by atomic mass is 9.86. The smallest absolute Gasteiger partial charge is 0.324 e. The maximum atomic E-state index is 12.8. The number of carbonyl (C=O) groups is 3. The van der Waals surface area contributed by atoms with Crippen LogP contribution in [0.4, 0.5) is 10.5 Å². The Bertz CT molecular complexity index is 754. The van der Waals surface area contributed by atoms with Gasteiger partial charge in [0, 0.05) is 5.69 Å². The molecule has 0 radical (unpaired) electrons. The zero-order valence-electron chi connectivity index (χ0n) is 18.4. The van der Waals surface area contributed by atoms with E-state index in [2.05, 4.69) is 38.3 Å². The summed E-state index contributed by atoms with van der Waals surface area (Å²) in [6.45, 7) is 9.84. The summed E-state index contributed by atoms with van der Waals surface area (Å²) in [5.74, 6) is -0.699. The van der Waals surface area contributed by atoms with Crippen molar-refractivity contribution in [1.29, 1.82) is 0 Å². The zero-order chi connectivity index (χ0) is 21.7. The molecule has 160 valence electrons. The van der Waals surface area contributed by atoms with Gasteiger partial charge in [0.1, 0.15) is 12.1 Å². The molecule has 1 heterocycles. The molecule has 1 saturated heterocycles. The lowest BCUT2D eigenvalue weighted by molar-refractivity contribution is -0.133. The molecule has 0 aliphatic carbocycles. The average molecular weight is 402 g/mol. The number of anilines is 1. The molecule has 1 aromatic rings. The van der Waals surface area contributed by atoms with E-state index in [0.717, 1.165) is 36.1 Å². The number of benzene rings is 1. The molecule has 1 aromatic carbocycles. The van der Waals surface area contributed by atoms with Crippen LogP contribution in [-0.4, -0.2) is 34.8 Å². The normalized spacial score (nSPS) is 19.4. The zero-order valence-corrected chi connectivity index (χ0v) is 18.4. The fraction of sp³-hybridized carbons (Fsp3) is 0.609. The monoisotopic (exact) mass is 401 g/mol. The van der Waals surface area contributed by atoms with Gasteiger partial charge < -0.3 is 10.6 Å². The van der Waals surface area contributed by atoms with Crippen LogP contribution in [0.5, 0.6) is 0 Å². The van der Waals surface area contributed by atoms with Crippen molar-refractivity contribution in [3.8, 4) is 0 Å². The Labute approximate surface area is 174 Å². The minimum atomic E-state index is -0.924. The molecule has 6 nitrogen and oxygen atoms in total. The first-order valence-electron chi connectivity index (χ1n) is 10.6. The molecule has 0 bridgehead atoms. The predicted octanol–water partition coefficient (Wildman–Crippen LogP) is 4.59. The van der Waals surface area contributed by atoms with Crippen molar-refractivity contribution >= 4 is 23.5 Å². The summed E-state index contributed by atoms with van der Waals surface area (Å²) in [4.78, 5) is 38.8. The number of hydrogen-bond donors (Lipinski definition) is 2. The van der Waals surface area contributed by atoms with Gasteiger partial charge in [-0.1, -0.05) is 78.0 Å². The molecule has 1 fully saturated rings. The number of unbranched alkanes of at least 4 members (excludes halogenated alkanes) is 4. The molecule has 2 N–H and O–H groups in total. The fourth-order valence-corrected chi connectivity index (χ4v) is 3.72. The summed E-state index contributed by atoms with van der Waals surface area (Å²) in [5, 5.41) is 5.65. The van der Waals surface area contributed by atoms with Crippen LogP contribution in [0.2, 0.25) is 0 Å². The van der Waals surface area contributed by atoms with Crippen LogP contribution in [-0.2, 0) is 15.0 Å². The molecule has 2 rings (SSSR count). The molecule has 1 aliphatic rings. The number of urea groups is 1. The first-order valence-corrected chi connectivity index (χ1v) is 10.6. The van der Waals surface area contributed by atoms with E-state index in [1.54, 1.807) is 6.92 Å². The molecule has 0 aromatic heterocycles. The molecule has 1 atom stereocenters. The van der Waals surface area contributed by atoms with Gasteiger partial charge in [0.25, 0.3) is 5.91 Å². The van der Waals surface area contributed by atoms with Crippen molar-refractivity contribution < 1.29 is 14.4 Å². The number of para-hydroxylation sites is 1. The number of rotatable bonds is 9. The molecule has 4 amide bonds. The first-order chi connectivity index (χ1) is 13.6. The lowest BCUT2D eigenvalue weighted by Crippen LogP contribution is -2.44. The SMILES string of the molecule is CCCCCCCC1(C)NC(=O)N(CC(=O)Nc2ccccc2C(C)(C)C)C1=O. The Morgan fingerprint density at radius 1 is 1.10 bits per heavy atom. The van der Waals surface area contributed by atoms with Crippen molar-refractivity contribution in [1.82, 2.24) is 10.2 Å². The van der Waals surface area contributed by atoms with Crippen LogP contribution in [0, 0.1) is 0 Å².